The third-order valence-corrected chi connectivity index (χ3v) is 4.08. The molecule has 2 rings (SSSR count). The molecule has 0 spiro atoms. The van der Waals surface area contributed by atoms with Crippen LogP contribution in [0.25, 0.3) is 0 Å². The van der Waals surface area contributed by atoms with E-state index in [0.717, 1.165) is 16.9 Å². The Morgan fingerprint density at radius 2 is 1.79 bits per heavy atom. The molecule has 2 N–H and O–H groups in total. The summed E-state index contributed by atoms with van der Waals surface area (Å²) in [7, 11) is 5.22. The summed E-state index contributed by atoms with van der Waals surface area (Å²) in [6, 6.07) is 15.1. The molecule has 0 aliphatic heterocycles. The Morgan fingerprint density at radius 3 is 2.29 bits per heavy atom. The first-order chi connectivity index (χ1) is 11.6. The third kappa shape index (κ3) is 4.34. The lowest BCUT2D eigenvalue weighted by Crippen LogP contribution is -2.27. The lowest BCUT2D eigenvalue weighted by Gasteiger charge is -2.27. The molecule has 0 saturated carbocycles. The van der Waals surface area contributed by atoms with Gasteiger partial charge in [0, 0.05) is 19.2 Å². The summed E-state index contributed by atoms with van der Waals surface area (Å²) in [5.74, 6) is 0.698. The fourth-order valence-electron chi connectivity index (χ4n) is 2.63. The van der Waals surface area contributed by atoms with Crippen LogP contribution in [0.3, 0.4) is 0 Å². The molecule has 0 unspecified atom stereocenters. The highest BCUT2D eigenvalue weighted by molar-refractivity contribution is 5.93. The summed E-state index contributed by atoms with van der Waals surface area (Å²) in [4.78, 5) is 13.7. The molecule has 5 nitrogen and oxygen atoms in total. The number of aliphatic hydroxyl groups is 1. The molecule has 0 aromatic heterocycles. The molecule has 0 aliphatic carbocycles. The molecule has 0 aliphatic rings. The zero-order valence-electron chi connectivity index (χ0n) is 14.3. The van der Waals surface area contributed by atoms with Gasteiger partial charge in [0.25, 0.3) is 5.91 Å². The highest BCUT2D eigenvalue weighted by atomic mass is 16.5. The lowest BCUT2D eigenvalue weighted by atomic mass is 10.0. The van der Waals surface area contributed by atoms with Gasteiger partial charge >= 0.3 is 0 Å². The monoisotopic (exact) mass is 328 g/mol. The van der Waals surface area contributed by atoms with Crippen molar-refractivity contribution >= 4 is 5.91 Å². The highest BCUT2D eigenvalue weighted by Gasteiger charge is 2.16. The first-order valence-corrected chi connectivity index (χ1v) is 7.85. The number of amides is 1. The number of rotatable bonds is 7. The normalized spacial score (nSPS) is 12.0. The first kappa shape index (κ1) is 18.0. The fourth-order valence-corrected chi connectivity index (χ4v) is 2.63. The van der Waals surface area contributed by atoms with Crippen LogP contribution in [0.5, 0.6) is 5.75 Å². The van der Waals surface area contributed by atoms with Crippen LogP contribution >= 0.6 is 0 Å². The van der Waals surface area contributed by atoms with Crippen molar-refractivity contribution < 1.29 is 14.6 Å². The molecule has 2 aromatic carbocycles. The van der Waals surface area contributed by atoms with Crippen molar-refractivity contribution in [1.29, 1.82) is 0 Å². The molecule has 1 atom stereocenters. The first-order valence-electron chi connectivity index (χ1n) is 7.85. The van der Waals surface area contributed by atoms with Crippen molar-refractivity contribution in [2.75, 3.05) is 27.8 Å². The molecule has 128 valence electrons. The Kier molecular flexibility index (Phi) is 6.35. The number of ether oxygens (including phenoxy) is 1. The van der Waals surface area contributed by atoms with Crippen LogP contribution in [0, 0.1) is 0 Å². The van der Waals surface area contributed by atoms with E-state index in [1.54, 1.807) is 14.2 Å². The van der Waals surface area contributed by atoms with Crippen LogP contribution in [0.2, 0.25) is 0 Å². The number of carbonyl (C=O) groups is 1. The van der Waals surface area contributed by atoms with Crippen LogP contribution in [-0.2, 0) is 6.54 Å². The van der Waals surface area contributed by atoms with E-state index in [-0.39, 0.29) is 18.6 Å². The van der Waals surface area contributed by atoms with E-state index in [4.69, 9.17) is 4.74 Å². The molecular formula is C19H24N2O3. The van der Waals surface area contributed by atoms with E-state index < -0.39 is 0 Å². The van der Waals surface area contributed by atoms with Gasteiger partial charge in [-0.25, -0.2) is 0 Å². The summed E-state index contributed by atoms with van der Waals surface area (Å²) in [6.07, 6.45) is 0. The maximum Gasteiger partial charge on any atom is 0.251 e. The van der Waals surface area contributed by atoms with E-state index in [9.17, 15) is 9.90 Å². The van der Waals surface area contributed by atoms with Gasteiger partial charge in [-0.05, 0) is 42.4 Å². The topological polar surface area (TPSA) is 61.8 Å². The molecule has 24 heavy (non-hydrogen) atoms. The fraction of sp³-hybridized carbons (Fsp3) is 0.316. The van der Waals surface area contributed by atoms with Crippen LogP contribution in [0.4, 0.5) is 0 Å². The summed E-state index contributed by atoms with van der Waals surface area (Å²) in [5.41, 5.74) is 2.75. The Hall–Kier alpha value is -2.37. The predicted molar refractivity (Wildman–Crippen MR) is 94.1 cm³/mol. The number of benzene rings is 2. The minimum absolute atomic E-state index is 0.0269. The SMILES string of the molecule is CNC(=O)c1ccc(CN(C)[C@@H](CO)c2ccc(OC)cc2)cc1. The van der Waals surface area contributed by atoms with E-state index in [1.165, 1.54) is 0 Å². The quantitative estimate of drug-likeness (QED) is 0.818. The Balaban J connectivity index is 2.08. The van der Waals surface area contributed by atoms with E-state index >= 15 is 0 Å². The van der Waals surface area contributed by atoms with Crippen LogP contribution in [0.1, 0.15) is 27.5 Å². The molecule has 1 amide bonds. The predicted octanol–water partition coefficient (Wildman–Crippen LogP) is 2.22. The van der Waals surface area contributed by atoms with Crippen LogP contribution in [-0.4, -0.2) is 43.7 Å². The summed E-state index contributed by atoms with van der Waals surface area (Å²) < 4.78 is 5.17. The van der Waals surface area contributed by atoms with Gasteiger partial charge in [0.2, 0.25) is 0 Å². The highest BCUT2D eigenvalue weighted by Crippen LogP contribution is 2.23. The summed E-state index contributed by atoms with van der Waals surface area (Å²) >= 11 is 0. The number of hydrogen-bond donors (Lipinski definition) is 2. The molecular weight excluding hydrogens is 304 g/mol. The molecule has 0 saturated heterocycles. The molecule has 5 heteroatoms. The second-order valence-corrected chi connectivity index (χ2v) is 5.66. The number of methoxy groups -OCH3 is 1. The van der Waals surface area contributed by atoms with Gasteiger partial charge in [-0.2, -0.15) is 0 Å². The van der Waals surface area contributed by atoms with Crippen LogP contribution < -0.4 is 10.1 Å². The van der Waals surface area contributed by atoms with Gasteiger partial charge in [-0.3, -0.25) is 9.69 Å². The van der Waals surface area contributed by atoms with Gasteiger partial charge in [-0.15, -0.1) is 0 Å². The van der Waals surface area contributed by atoms with Crippen molar-refractivity contribution in [1.82, 2.24) is 10.2 Å². The Morgan fingerprint density at radius 1 is 1.17 bits per heavy atom. The average molecular weight is 328 g/mol. The van der Waals surface area contributed by atoms with Gasteiger partial charge in [0.15, 0.2) is 0 Å². The third-order valence-electron chi connectivity index (χ3n) is 4.08. The molecule has 0 fully saturated rings. The minimum Gasteiger partial charge on any atom is -0.497 e. The number of nitrogens with one attached hydrogen (secondary N) is 1. The number of nitrogens with zero attached hydrogens (tertiary/aromatic N) is 1. The molecule has 2 aromatic rings. The largest absolute Gasteiger partial charge is 0.497 e. The Labute approximate surface area is 142 Å². The second-order valence-electron chi connectivity index (χ2n) is 5.66. The Bertz CT molecular complexity index is 653. The van der Waals surface area contributed by atoms with Gasteiger partial charge in [0.05, 0.1) is 19.8 Å². The van der Waals surface area contributed by atoms with Crippen molar-refractivity contribution in [3.8, 4) is 5.75 Å². The number of aliphatic hydroxyl groups excluding tert-OH is 1. The number of hydrogen-bond acceptors (Lipinski definition) is 4. The molecule has 0 heterocycles. The number of likely N-dealkylation sites (N-methyl/N-ethyl adjacent to an activating group) is 1. The average Bonchev–Trinajstić information content (AvgIpc) is 2.63. The minimum atomic E-state index is -0.102. The van der Waals surface area contributed by atoms with E-state index in [1.807, 2.05) is 55.6 Å². The second kappa shape index (κ2) is 8.47. The van der Waals surface area contributed by atoms with Crippen molar-refractivity contribution in [2.45, 2.75) is 12.6 Å². The zero-order valence-corrected chi connectivity index (χ0v) is 14.3. The maximum atomic E-state index is 11.6. The van der Waals surface area contributed by atoms with E-state index in [2.05, 4.69) is 10.2 Å². The summed E-state index contributed by atoms with van der Waals surface area (Å²) in [5, 5.41) is 12.4. The standard InChI is InChI=1S/C19H24N2O3/c1-20-19(23)16-6-4-14(5-7-16)12-21(2)18(13-22)15-8-10-17(24-3)11-9-15/h4-11,18,22H,12-13H2,1-3H3,(H,20,23)/t18-/m0/s1. The molecule has 0 radical (unpaired) electrons. The molecule has 0 bridgehead atoms. The van der Waals surface area contributed by atoms with Crippen molar-refractivity contribution in [2.24, 2.45) is 0 Å². The summed E-state index contributed by atoms with van der Waals surface area (Å²) in [6.45, 7) is 0.699. The number of carbonyl (C=O) groups excluding carboxylic acids is 1. The van der Waals surface area contributed by atoms with Gasteiger partial charge in [0.1, 0.15) is 5.75 Å². The van der Waals surface area contributed by atoms with E-state index in [0.29, 0.717) is 12.1 Å². The zero-order chi connectivity index (χ0) is 17.5. The van der Waals surface area contributed by atoms with Gasteiger partial charge in [-0.1, -0.05) is 24.3 Å². The van der Waals surface area contributed by atoms with Crippen molar-refractivity contribution in [3.05, 3.63) is 65.2 Å². The van der Waals surface area contributed by atoms with Crippen molar-refractivity contribution in [3.63, 3.8) is 0 Å². The smallest absolute Gasteiger partial charge is 0.251 e. The van der Waals surface area contributed by atoms with Gasteiger partial charge < -0.3 is 15.2 Å². The lowest BCUT2D eigenvalue weighted by molar-refractivity contribution is 0.0963. The van der Waals surface area contributed by atoms with Crippen LogP contribution in [0.15, 0.2) is 48.5 Å². The maximum absolute atomic E-state index is 11.6.